The Morgan fingerprint density at radius 2 is 2.08 bits per heavy atom. The maximum atomic E-state index is 12.5. The van der Waals surface area contributed by atoms with Crippen LogP contribution in [0.3, 0.4) is 0 Å². The molecule has 0 spiro atoms. The van der Waals surface area contributed by atoms with E-state index in [4.69, 9.17) is 4.74 Å². The molecule has 1 aliphatic heterocycles. The fourth-order valence-electron chi connectivity index (χ4n) is 3.01. The van der Waals surface area contributed by atoms with Gasteiger partial charge in [0.1, 0.15) is 5.75 Å². The summed E-state index contributed by atoms with van der Waals surface area (Å²) < 4.78 is 35.9. The van der Waals surface area contributed by atoms with Crippen LogP contribution in [0, 0.1) is 6.92 Å². The van der Waals surface area contributed by atoms with Gasteiger partial charge in [0.2, 0.25) is 0 Å². The lowest BCUT2D eigenvalue weighted by Crippen LogP contribution is -2.43. The highest BCUT2D eigenvalue weighted by Crippen LogP contribution is 2.37. The number of halogens is 3. The van der Waals surface area contributed by atoms with Gasteiger partial charge in [-0.05, 0) is 41.8 Å². The fraction of sp³-hybridized carbons (Fsp3) is 0.278. The van der Waals surface area contributed by atoms with Gasteiger partial charge in [-0.15, -0.1) is 0 Å². The first-order valence-corrected chi connectivity index (χ1v) is 8.40. The Bertz CT molecular complexity index is 787. The number of ether oxygens (including phenoxy) is 2. The molecule has 2 aromatic rings. The molecule has 2 aromatic carbocycles. The van der Waals surface area contributed by atoms with E-state index < -0.39 is 18.4 Å². The zero-order chi connectivity index (χ0) is 18.0. The van der Waals surface area contributed by atoms with Crippen LogP contribution in [0.15, 0.2) is 46.9 Å². The average Bonchev–Trinajstić information content (AvgIpc) is 3.02. The van der Waals surface area contributed by atoms with Gasteiger partial charge >= 0.3 is 6.61 Å². The summed E-state index contributed by atoms with van der Waals surface area (Å²) in [6.07, 6.45) is -0.0443. The third-order valence-electron chi connectivity index (χ3n) is 4.19. The summed E-state index contributed by atoms with van der Waals surface area (Å²) in [7, 11) is 0. The van der Waals surface area contributed by atoms with Crippen molar-refractivity contribution in [2.24, 2.45) is 0 Å². The highest BCUT2D eigenvalue weighted by molar-refractivity contribution is 9.10. The summed E-state index contributed by atoms with van der Waals surface area (Å²) in [5.41, 5.74) is 1.51. The normalized spacial score (nSPS) is 23.0. The lowest BCUT2D eigenvalue weighted by molar-refractivity contribution is -0.116. The summed E-state index contributed by atoms with van der Waals surface area (Å²) >= 11 is 3.45. The lowest BCUT2D eigenvalue weighted by Gasteiger charge is -2.30. The summed E-state index contributed by atoms with van der Waals surface area (Å²) in [5, 5.41) is 3.20. The minimum absolute atomic E-state index is 0.119. The number of aldehydes is 1. The Kier molecular flexibility index (Phi) is 5.17. The monoisotopic (exact) mass is 411 g/mol. The molecule has 1 aliphatic rings. The molecular formula is C18H16BrF2NO3. The van der Waals surface area contributed by atoms with Crippen LogP contribution in [-0.4, -0.2) is 25.7 Å². The maximum Gasteiger partial charge on any atom is 0.387 e. The smallest absolute Gasteiger partial charge is 0.387 e. The Hall–Kier alpha value is -1.83. The molecule has 0 radical (unpaired) electrons. The average molecular weight is 412 g/mol. The van der Waals surface area contributed by atoms with Crippen molar-refractivity contribution in [3.05, 3.63) is 63.6 Å². The van der Waals surface area contributed by atoms with Crippen LogP contribution in [-0.2, 0) is 15.1 Å². The van der Waals surface area contributed by atoms with E-state index in [1.165, 1.54) is 6.07 Å². The van der Waals surface area contributed by atoms with Crippen molar-refractivity contribution in [2.45, 2.75) is 25.3 Å². The lowest BCUT2D eigenvalue weighted by atomic mass is 9.83. The number of rotatable bonds is 5. The predicted molar refractivity (Wildman–Crippen MR) is 91.7 cm³/mol. The van der Waals surface area contributed by atoms with E-state index in [0.29, 0.717) is 11.8 Å². The van der Waals surface area contributed by atoms with Gasteiger partial charge in [-0.2, -0.15) is 8.78 Å². The molecule has 132 valence electrons. The SMILES string of the molecule is Cc1cc(C2(c3cccc(Br)c3)COC(C=O)N2)ccc1OC(F)F. The highest BCUT2D eigenvalue weighted by Gasteiger charge is 2.42. The van der Waals surface area contributed by atoms with Gasteiger partial charge in [-0.3, -0.25) is 10.1 Å². The number of alkyl halides is 2. The molecule has 2 unspecified atom stereocenters. The second-order valence-electron chi connectivity index (χ2n) is 5.79. The van der Waals surface area contributed by atoms with Crippen molar-refractivity contribution in [1.29, 1.82) is 0 Å². The van der Waals surface area contributed by atoms with Crippen LogP contribution in [0.4, 0.5) is 8.78 Å². The maximum absolute atomic E-state index is 12.5. The molecule has 7 heteroatoms. The van der Waals surface area contributed by atoms with Crippen molar-refractivity contribution < 1.29 is 23.0 Å². The van der Waals surface area contributed by atoms with Crippen molar-refractivity contribution >= 4 is 22.2 Å². The van der Waals surface area contributed by atoms with Crippen molar-refractivity contribution in [1.82, 2.24) is 5.32 Å². The number of carbonyl (C=O) groups is 1. The van der Waals surface area contributed by atoms with Crippen molar-refractivity contribution in [3.63, 3.8) is 0 Å². The molecule has 0 aromatic heterocycles. The van der Waals surface area contributed by atoms with E-state index in [2.05, 4.69) is 26.0 Å². The van der Waals surface area contributed by atoms with Gasteiger partial charge < -0.3 is 9.47 Å². The van der Waals surface area contributed by atoms with Crippen LogP contribution in [0.2, 0.25) is 0 Å². The molecule has 1 N–H and O–H groups in total. The van der Waals surface area contributed by atoms with Crippen LogP contribution >= 0.6 is 15.9 Å². The fourth-order valence-corrected chi connectivity index (χ4v) is 3.41. The Morgan fingerprint density at radius 3 is 2.68 bits per heavy atom. The zero-order valence-electron chi connectivity index (χ0n) is 13.3. The van der Waals surface area contributed by atoms with E-state index in [1.807, 2.05) is 24.3 Å². The number of benzene rings is 2. The first-order chi connectivity index (χ1) is 11.9. The van der Waals surface area contributed by atoms with Gasteiger partial charge in [0.05, 0.1) is 12.1 Å². The van der Waals surface area contributed by atoms with Gasteiger partial charge in [-0.25, -0.2) is 0 Å². The number of hydrogen-bond donors (Lipinski definition) is 1. The molecule has 1 heterocycles. The van der Waals surface area contributed by atoms with E-state index in [-0.39, 0.29) is 12.4 Å². The second-order valence-corrected chi connectivity index (χ2v) is 6.70. The standard InChI is InChI=1S/C18H16BrF2NO3/c1-11-7-13(5-6-15(11)25-17(20)21)18(10-24-16(9-23)22-18)12-3-2-4-14(19)8-12/h2-9,16-17,22H,10H2,1H3. The molecule has 4 nitrogen and oxygen atoms in total. The third kappa shape index (κ3) is 3.58. The molecule has 25 heavy (non-hydrogen) atoms. The van der Waals surface area contributed by atoms with E-state index in [1.54, 1.807) is 19.1 Å². The van der Waals surface area contributed by atoms with Crippen LogP contribution < -0.4 is 10.1 Å². The third-order valence-corrected chi connectivity index (χ3v) is 4.69. The minimum atomic E-state index is -2.88. The van der Waals surface area contributed by atoms with E-state index >= 15 is 0 Å². The van der Waals surface area contributed by atoms with Gasteiger partial charge in [0.15, 0.2) is 12.5 Å². The van der Waals surface area contributed by atoms with Gasteiger partial charge in [-0.1, -0.05) is 40.2 Å². The first kappa shape index (κ1) is 18.0. The Morgan fingerprint density at radius 1 is 1.32 bits per heavy atom. The molecule has 0 aliphatic carbocycles. The van der Waals surface area contributed by atoms with Crippen LogP contribution in [0.5, 0.6) is 5.75 Å². The van der Waals surface area contributed by atoms with Crippen LogP contribution in [0.1, 0.15) is 16.7 Å². The molecular weight excluding hydrogens is 396 g/mol. The number of nitrogens with one attached hydrogen (secondary N) is 1. The molecule has 0 saturated carbocycles. The first-order valence-electron chi connectivity index (χ1n) is 7.61. The number of hydrogen-bond acceptors (Lipinski definition) is 4. The summed E-state index contributed by atoms with van der Waals surface area (Å²) in [6, 6.07) is 12.6. The number of aryl methyl sites for hydroxylation is 1. The van der Waals surface area contributed by atoms with E-state index in [0.717, 1.165) is 15.6 Å². The van der Waals surface area contributed by atoms with Gasteiger partial charge in [0.25, 0.3) is 0 Å². The van der Waals surface area contributed by atoms with Crippen LogP contribution in [0.25, 0.3) is 0 Å². The molecule has 0 bridgehead atoms. The summed E-state index contributed by atoms with van der Waals surface area (Å²) in [6.45, 7) is -0.944. The van der Waals surface area contributed by atoms with Gasteiger partial charge in [0, 0.05) is 4.47 Å². The van der Waals surface area contributed by atoms with Crippen molar-refractivity contribution in [2.75, 3.05) is 6.61 Å². The Labute approximate surface area is 152 Å². The summed E-state index contributed by atoms with van der Waals surface area (Å²) in [4.78, 5) is 11.2. The molecule has 1 fully saturated rings. The minimum Gasteiger partial charge on any atom is -0.435 e. The molecule has 2 atom stereocenters. The zero-order valence-corrected chi connectivity index (χ0v) is 14.9. The summed E-state index contributed by atoms with van der Waals surface area (Å²) in [5.74, 6) is 0.119. The topological polar surface area (TPSA) is 47.6 Å². The largest absolute Gasteiger partial charge is 0.435 e. The highest BCUT2D eigenvalue weighted by atomic mass is 79.9. The molecule has 3 rings (SSSR count). The second kappa shape index (κ2) is 7.19. The molecule has 1 saturated heterocycles. The van der Waals surface area contributed by atoms with E-state index in [9.17, 15) is 13.6 Å². The predicted octanol–water partition coefficient (Wildman–Crippen LogP) is 3.75. The quantitative estimate of drug-likeness (QED) is 0.761. The number of carbonyl (C=O) groups excluding carboxylic acids is 1. The Balaban J connectivity index is 2.07. The van der Waals surface area contributed by atoms with Crippen molar-refractivity contribution in [3.8, 4) is 5.75 Å². The molecule has 0 amide bonds.